The lowest BCUT2D eigenvalue weighted by molar-refractivity contribution is -0.108. The van der Waals surface area contributed by atoms with E-state index in [-0.39, 0.29) is 30.0 Å². The van der Waals surface area contributed by atoms with E-state index in [0.29, 0.717) is 23.4 Å². The van der Waals surface area contributed by atoms with Crippen molar-refractivity contribution in [1.82, 2.24) is 20.9 Å². The van der Waals surface area contributed by atoms with E-state index in [1.165, 1.54) is 24.1 Å². The number of hydrogen-bond acceptors (Lipinski definition) is 6. The third-order valence-corrected chi connectivity index (χ3v) is 5.22. The van der Waals surface area contributed by atoms with Gasteiger partial charge in [0.15, 0.2) is 0 Å². The first kappa shape index (κ1) is 21.6. The summed E-state index contributed by atoms with van der Waals surface area (Å²) in [6.07, 6.45) is 0.235. The third kappa shape index (κ3) is 4.38. The number of methoxy groups -OCH3 is 1. The summed E-state index contributed by atoms with van der Waals surface area (Å²) in [6.45, 7) is 0.382. The van der Waals surface area contributed by atoms with E-state index in [4.69, 9.17) is 4.74 Å². The molecule has 2 aliphatic rings. The van der Waals surface area contributed by atoms with Gasteiger partial charge in [-0.3, -0.25) is 29.8 Å². The SMILES string of the molecule is COc1ccc2c(c1)C(=O)N(C[C@@H](C#Cc1ccc3c(c1)C(=O)NC3=O)NC(=O)NC=O)C2. The number of nitrogens with one attached hydrogen (secondary N) is 3. The number of hydrogen-bond donors (Lipinski definition) is 3. The van der Waals surface area contributed by atoms with Crippen LogP contribution >= 0.6 is 0 Å². The molecule has 0 saturated carbocycles. The van der Waals surface area contributed by atoms with Gasteiger partial charge in [-0.2, -0.15) is 0 Å². The number of nitrogens with zero attached hydrogens (tertiary/aromatic N) is 1. The molecule has 0 radical (unpaired) electrons. The standard InChI is InChI=1S/C23H18N4O6/c1-33-16-6-4-14-10-27(22(31)18(14)9-16)11-15(25-23(32)24-12-28)5-2-13-3-7-17-19(8-13)21(30)26-20(17)29/h3-4,6-9,12,15H,10-11H2,1H3,(H,26,29,30)(H2,24,25,28,32)/t15-/m1/s1. The molecule has 166 valence electrons. The van der Waals surface area contributed by atoms with Crippen molar-refractivity contribution < 1.29 is 28.7 Å². The molecule has 0 spiro atoms. The van der Waals surface area contributed by atoms with Crippen LogP contribution in [0.4, 0.5) is 4.79 Å². The minimum absolute atomic E-state index is 0.0546. The fourth-order valence-corrected chi connectivity index (χ4v) is 3.63. The second-order valence-corrected chi connectivity index (χ2v) is 7.31. The second-order valence-electron chi connectivity index (χ2n) is 7.31. The number of carbonyl (C=O) groups excluding carboxylic acids is 5. The van der Waals surface area contributed by atoms with E-state index in [1.54, 1.807) is 24.3 Å². The Bertz CT molecular complexity index is 1260. The van der Waals surface area contributed by atoms with Gasteiger partial charge < -0.3 is 15.0 Å². The van der Waals surface area contributed by atoms with Crippen LogP contribution in [0.5, 0.6) is 5.75 Å². The molecule has 2 aromatic carbocycles. The molecule has 1 atom stereocenters. The highest BCUT2D eigenvalue weighted by atomic mass is 16.5. The zero-order valence-electron chi connectivity index (χ0n) is 17.4. The summed E-state index contributed by atoms with van der Waals surface area (Å²) in [5, 5.41) is 6.73. The quantitative estimate of drug-likeness (QED) is 0.346. The van der Waals surface area contributed by atoms with Crippen molar-refractivity contribution in [3.8, 4) is 17.6 Å². The van der Waals surface area contributed by atoms with Crippen LogP contribution in [0, 0.1) is 11.8 Å². The molecular weight excluding hydrogens is 428 g/mol. The summed E-state index contributed by atoms with van der Waals surface area (Å²) >= 11 is 0. The maximum absolute atomic E-state index is 12.8. The van der Waals surface area contributed by atoms with Gasteiger partial charge in [0, 0.05) is 17.7 Å². The van der Waals surface area contributed by atoms with Crippen molar-refractivity contribution in [3.63, 3.8) is 0 Å². The molecular formula is C23H18N4O6. The first-order valence-electron chi connectivity index (χ1n) is 9.87. The molecule has 0 bridgehead atoms. The zero-order valence-corrected chi connectivity index (χ0v) is 17.4. The van der Waals surface area contributed by atoms with Crippen molar-refractivity contribution >= 4 is 30.2 Å². The average Bonchev–Trinajstić information content (AvgIpc) is 3.26. The molecule has 0 aromatic heterocycles. The molecule has 10 heteroatoms. The Hall–Kier alpha value is -4.65. The van der Waals surface area contributed by atoms with Crippen LogP contribution in [0.15, 0.2) is 36.4 Å². The van der Waals surface area contributed by atoms with Gasteiger partial charge in [0.25, 0.3) is 17.7 Å². The van der Waals surface area contributed by atoms with Crippen molar-refractivity contribution in [1.29, 1.82) is 0 Å². The Kier molecular flexibility index (Phi) is 5.78. The molecule has 10 nitrogen and oxygen atoms in total. The van der Waals surface area contributed by atoms with Gasteiger partial charge in [0.2, 0.25) is 6.41 Å². The molecule has 0 unspecified atom stereocenters. The van der Waals surface area contributed by atoms with Crippen molar-refractivity contribution in [2.45, 2.75) is 12.6 Å². The van der Waals surface area contributed by atoms with Crippen LogP contribution in [-0.2, 0) is 11.3 Å². The topological polar surface area (TPSA) is 134 Å². The van der Waals surface area contributed by atoms with E-state index >= 15 is 0 Å². The highest BCUT2D eigenvalue weighted by Crippen LogP contribution is 2.26. The first-order valence-corrected chi connectivity index (χ1v) is 9.87. The second kappa shape index (κ2) is 8.84. The Morgan fingerprint density at radius 1 is 1.15 bits per heavy atom. The van der Waals surface area contributed by atoms with Gasteiger partial charge >= 0.3 is 6.03 Å². The Labute approximate surface area is 188 Å². The minimum atomic E-state index is -0.825. The zero-order chi connectivity index (χ0) is 23.5. The Morgan fingerprint density at radius 2 is 1.94 bits per heavy atom. The number of urea groups is 1. The van der Waals surface area contributed by atoms with Crippen LogP contribution < -0.4 is 20.7 Å². The van der Waals surface area contributed by atoms with Crippen LogP contribution in [0.25, 0.3) is 0 Å². The summed E-state index contributed by atoms with van der Waals surface area (Å²) in [6, 6.07) is 8.18. The maximum atomic E-state index is 12.8. The maximum Gasteiger partial charge on any atom is 0.322 e. The molecule has 0 saturated heterocycles. The molecule has 4 rings (SSSR count). The molecule has 6 amide bonds. The summed E-state index contributed by atoms with van der Waals surface area (Å²) < 4.78 is 5.18. The lowest BCUT2D eigenvalue weighted by Gasteiger charge is -2.21. The van der Waals surface area contributed by atoms with Crippen LogP contribution in [0.1, 0.15) is 42.2 Å². The normalized spacial score (nSPS) is 14.5. The highest BCUT2D eigenvalue weighted by molar-refractivity contribution is 6.21. The third-order valence-electron chi connectivity index (χ3n) is 5.22. The molecule has 33 heavy (non-hydrogen) atoms. The molecule has 2 heterocycles. The van der Waals surface area contributed by atoms with Gasteiger partial charge in [-0.25, -0.2) is 4.79 Å². The smallest absolute Gasteiger partial charge is 0.322 e. The number of imide groups is 2. The predicted octanol–water partition coefficient (Wildman–Crippen LogP) is 0.411. The van der Waals surface area contributed by atoms with Crippen molar-refractivity contribution in [3.05, 3.63) is 64.2 Å². The lowest BCUT2D eigenvalue weighted by atomic mass is 10.1. The van der Waals surface area contributed by atoms with E-state index in [9.17, 15) is 24.0 Å². The van der Waals surface area contributed by atoms with Crippen molar-refractivity contribution in [2.75, 3.05) is 13.7 Å². The van der Waals surface area contributed by atoms with Crippen LogP contribution in [0.2, 0.25) is 0 Å². The largest absolute Gasteiger partial charge is 0.497 e. The average molecular weight is 446 g/mol. The summed E-state index contributed by atoms with van der Waals surface area (Å²) in [4.78, 5) is 60.5. The van der Waals surface area contributed by atoms with Gasteiger partial charge in [-0.05, 0) is 35.9 Å². The molecule has 2 aromatic rings. The van der Waals surface area contributed by atoms with Gasteiger partial charge in [0.1, 0.15) is 11.8 Å². The molecule has 0 aliphatic carbocycles. The molecule has 3 N–H and O–H groups in total. The van der Waals surface area contributed by atoms with Gasteiger partial charge in [-0.1, -0.05) is 17.9 Å². The molecule has 2 aliphatic heterocycles. The number of amides is 6. The van der Waals surface area contributed by atoms with Crippen LogP contribution in [-0.4, -0.2) is 54.8 Å². The lowest BCUT2D eigenvalue weighted by Crippen LogP contribution is -2.46. The number of benzene rings is 2. The number of ether oxygens (including phenoxy) is 1. The monoisotopic (exact) mass is 446 g/mol. The predicted molar refractivity (Wildman–Crippen MR) is 114 cm³/mol. The van der Waals surface area contributed by atoms with E-state index in [2.05, 4.69) is 22.5 Å². The highest BCUT2D eigenvalue weighted by Gasteiger charge is 2.30. The van der Waals surface area contributed by atoms with E-state index < -0.39 is 23.9 Å². The summed E-state index contributed by atoms with van der Waals surface area (Å²) in [5.41, 5.74) is 2.25. The van der Waals surface area contributed by atoms with Gasteiger partial charge in [0.05, 0.1) is 24.8 Å². The Balaban J connectivity index is 1.56. The summed E-state index contributed by atoms with van der Waals surface area (Å²) in [7, 11) is 1.51. The van der Waals surface area contributed by atoms with E-state index in [1.807, 2.05) is 5.32 Å². The van der Waals surface area contributed by atoms with E-state index in [0.717, 1.165) is 5.56 Å². The minimum Gasteiger partial charge on any atom is -0.497 e. The molecule has 0 fully saturated rings. The van der Waals surface area contributed by atoms with Gasteiger partial charge in [-0.15, -0.1) is 0 Å². The number of carbonyl (C=O) groups is 5. The first-order chi connectivity index (χ1) is 15.9. The van der Waals surface area contributed by atoms with Crippen LogP contribution in [0.3, 0.4) is 0 Å². The number of rotatable bonds is 5. The fourth-order valence-electron chi connectivity index (χ4n) is 3.63. The Morgan fingerprint density at radius 3 is 2.70 bits per heavy atom. The number of fused-ring (bicyclic) bond motifs is 2. The summed E-state index contributed by atoms with van der Waals surface area (Å²) in [5.74, 6) is 5.07. The fraction of sp³-hybridized carbons (Fsp3) is 0.174. The van der Waals surface area contributed by atoms with Crippen molar-refractivity contribution in [2.24, 2.45) is 0 Å².